The summed E-state index contributed by atoms with van der Waals surface area (Å²) in [6.07, 6.45) is 4.29. The van der Waals surface area contributed by atoms with Crippen LogP contribution in [0.2, 0.25) is 0 Å². The number of aliphatic hydroxyl groups is 1. The summed E-state index contributed by atoms with van der Waals surface area (Å²) < 4.78 is 0. The Kier molecular flexibility index (Phi) is 9.48. The van der Waals surface area contributed by atoms with Gasteiger partial charge in [0.15, 0.2) is 0 Å². The number of hydrogen-bond donors (Lipinski definition) is 1. The van der Waals surface area contributed by atoms with Crippen LogP contribution in [0.3, 0.4) is 0 Å². The summed E-state index contributed by atoms with van der Waals surface area (Å²) in [5.41, 5.74) is 0. The van der Waals surface area contributed by atoms with Crippen LogP contribution in [-0.4, -0.2) is 28.0 Å². The molecule has 1 rings (SSSR count). The van der Waals surface area contributed by atoms with Gasteiger partial charge in [0.1, 0.15) is 0 Å². The van der Waals surface area contributed by atoms with E-state index >= 15 is 0 Å². The van der Waals surface area contributed by atoms with Gasteiger partial charge in [-0.1, -0.05) is 44.9 Å². The van der Waals surface area contributed by atoms with E-state index in [9.17, 15) is 5.11 Å². The van der Waals surface area contributed by atoms with E-state index in [1.54, 1.807) is 0 Å². The molecule has 1 aromatic rings. The standard InChI is InChI=1S/C16H26OS2/c1-3-5-12-18-16(15(17)9-4-2)13-19-14-10-7-6-8-11-14/h6-8,10-11,15-17H,3-5,9,12-13H2,1-2H3/t15-,16+/m0/s1. The van der Waals surface area contributed by atoms with E-state index in [0.717, 1.165) is 24.3 Å². The number of rotatable bonds is 10. The van der Waals surface area contributed by atoms with Crippen LogP contribution in [0.1, 0.15) is 39.5 Å². The van der Waals surface area contributed by atoms with Crippen molar-refractivity contribution in [3.05, 3.63) is 30.3 Å². The number of hydrogen-bond acceptors (Lipinski definition) is 3. The lowest BCUT2D eigenvalue weighted by molar-refractivity contribution is 0.166. The molecule has 1 nitrogen and oxygen atoms in total. The summed E-state index contributed by atoms with van der Waals surface area (Å²) in [6, 6.07) is 10.5. The van der Waals surface area contributed by atoms with Gasteiger partial charge in [0.05, 0.1) is 6.10 Å². The van der Waals surface area contributed by atoms with Gasteiger partial charge < -0.3 is 5.11 Å². The Hall–Kier alpha value is -0.120. The van der Waals surface area contributed by atoms with Gasteiger partial charge in [0, 0.05) is 15.9 Å². The fourth-order valence-electron chi connectivity index (χ4n) is 1.83. The highest BCUT2D eigenvalue weighted by atomic mass is 32.2. The van der Waals surface area contributed by atoms with E-state index < -0.39 is 0 Å². The molecule has 0 aliphatic carbocycles. The van der Waals surface area contributed by atoms with Crippen LogP contribution in [0.4, 0.5) is 0 Å². The Balaban J connectivity index is 2.43. The van der Waals surface area contributed by atoms with Gasteiger partial charge in [-0.3, -0.25) is 0 Å². The van der Waals surface area contributed by atoms with E-state index in [2.05, 4.69) is 38.1 Å². The Labute approximate surface area is 126 Å². The van der Waals surface area contributed by atoms with Gasteiger partial charge in [0.2, 0.25) is 0 Å². The van der Waals surface area contributed by atoms with Crippen molar-refractivity contribution in [2.45, 2.75) is 55.8 Å². The molecule has 0 spiro atoms. The van der Waals surface area contributed by atoms with Crippen molar-refractivity contribution in [2.24, 2.45) is 0 Å². The van der Waals surface area contributed by atoms with Crippen molar-refractivity contribution in [2.75, 3.05) is 11.5 Å². The van der Waals surface area contributed by atoms with Crippen LogP contribution < -0.4 is 0 Å². The first kappa shape index (κ1) is 16.9. The maximum Gasteiger partial charge on any atom is 0.0666 e. The second-order valence-corrected chi connectivity index (χ2v) is 7.18. The van der Waals surface area contributed by atoms with E-state index in [4.69, 9.17) is 0 Å². The Morgan fingerprint density at radius 1 is 1.11 bits per heavy atom. The fraction of sp³-hybridized carbons (Fsp3) is 0.625. The average Bonchev–Trinajstić information content (AvgIpc) is 2.44. The van der Waals surface area contributed by atoms with Gasteiger partial charge in [0.25, 0.3) is 0 Å². The van der Waals surface area contributed by atoms with Gasteiger partial charge in [-0.25, -0.2) is 0 Å². The minimum absolute atomic E-state index is 0.164. The molecule has 0 amide bonds. The van der Waals surface area contributed by atoms with Crippen LogP contribution >= 0.6 is 23.5 Å². The molecule has 0 radical (unpaired) electrons. The summed E-state index contributed by atoms with van der Waals surface area (Å²) in [4.78, 5) is 1.30. The molecule has 0 unspecified atom stereocenters. The van der Waals surface area contributed by atoms with E-state index in [1.807, 2.05) is 29.6 Å². The smallest absolute Gasteiger partial charge is 0.0666 e. The minimum atomic E-state index is -0.164. The zero-order chi connectivity index (χ0) is 13.9. The van der Waals surface area contributed by atoms with Crippen LogP contribution in [0, 0.1) is 0 Å². The van der Waals surface area contributed by atoms with Crippen molar-refractivity contribution < 1.29 is 5.11 Å². The summed E-state index contributed by atoms with van der Waals surface area (Å²) in [6.45, 7) is 4.36. The molecule has 1 aromatic carbocycles. The van der Waals surface area contributed by atoms with Crippen molar-refractivity contribution in [1.29, 1.82) is 0 Å². The first-order chi connectivity index (χ1) is 9.27. The normalized spacial score (nSPS) is 14.3. The van der Waals surface area contributed by atoms with Crippen molar-refractivity contribution in [3.63, 3.8) is 0 Å². The third-order valence-electron chi connectivity index (χ3n) is 3.00. The van der Waals surface area contributed by atoms with Crippen LogP contribution in [0.25, 0.3) is 0 Å². The van der Waals surface area contributed by atoms with E-state index in [0.29, 0.717) is 5.25 Å². The van der Waals surface area contributed by atoms with Gasteiger partial charge in [-0.05, 0) is 30.7 Å². The predicted molar refractivity (Wildman–Crippen MR) is 89.2 cm³/mol. The predicted octanol–water partition coefficient (Wildman–Crippen LogP) is 4.84. The molecule has 0 saturated heterocycles. The largest absolute Gasteiger partial charge is 0.392 e. The number of unbranched alkanes of at least 4 members (excludes halogenated alkanes) is 1. The summed E-state index contributed by atoms with van der Waals surface area (Å²) in [5.74, 6) is 2.16. The summed E-state index contributed by atoms with van der Waals surface area (Å²) in [7, 11) is 0. The fourth-order valence-corrected chi connectivity index (χ4v) is 4.46. The molecule has 0 aromatic heterocycles. The van der Waals surface area contributed by atoms with Crippen LogP contribution in [0.15, 0.2) is 35.2 Å². The molecule has 0 heterocycles. The molecule has 1 N–H and O–H groups in total. The number of benzene rings is 1. The zero-order valence-corrected chi connectivity index (χ0v) is 13.7. The third kappa shape index (κ3) is 7.28. The first-order valence-corrected chi connectivity index (χ1v) is 9.28. The van der Waals surface area contributed by atoms with E-state index in [1.165, 1.54) is 17.7 Å². The minimum Gasteiger partial charge on any atom is -0.392 e. The molecular weight excluding hydrogens is 272 g/mol. The Bertz CT molecular complexity index is 316. The maximum atomic E-state index is 10.3. The second-order valence-electron chi connectivity index (χ2n) is 4.74. The zero-order valence-electron chi connectivity index (χ0n) is 12.0. The molecule has 2 atom stereocenters. The molecule has 0 aliphatic rings. The van der Waals surface area contributed by atoms with Crippen molar-refractivity contribution in [3.8, 4) is 0 Å². The first-order valence-electron chi connectivity index (χ1n) is 7.25. The molecule has 0 aliphatic heterocycles. The number of aliphatic hydroxyl groups excluding tert-OH is 1. The molecule has 0 bridgehead atoms. The van der Waals surface area contributed by atoms with Crippen LogP contribution in [-0.2, 0) is 0 Å². The lowest BCUT2D eigenvalue weighted by Crippen LogP contribution is -2.25. The van der Waals surface area contributed by atoms with Gasteiger partial charge in [-0.15, -0.1) is 11.8 Å². The third-order valence-corrected chi connectivity index (χ3v) is 5.78. The van der Waals surface area contributed by atoms with Gasteiger partial charge >= 0.3 is 0 Å². The maximum absolute atomic E-state index is 10.3. The molecular formula is C16H26OS2. The quantitative estimate of drug-likeness (QED) is 0.493. The Morgan fingerprint density at radius 2 is 1.84 bits per heavy atom. The number of thioether (sulfide) groups is 2. The highest BCUT2D eigenvalue weighted by Gasteiger charge is 2.18. The van der Waals surface area contributed by atoms with Crippen molar-refractivity contribution in [1.82, 2.24) is 0 Å². The monoisotopic (exact) mass is 298 g/mol. The topological polar surface area (TPSA) is 20.2 Å². The van der Waals surface area contributed by atoms with E-state index in [-0.39, 0.29) is 6.10 Å². The van der Waals surface area contributed by atoms with Gasteiger partial charge in [-0.2, -0.15) is 11.8 Å². The van der Waals surface area contributed by atoms with Crippen LogP contribution in [0.5, 0.6) is 0 Å². The van der Waals surface area contributed by atoms with Crippen molar-refractivity contribution >= 4 is 23.5 Å². The molecule has 0 saturated carbocycles. The lowest BCUT2D eigenvalue weighted by atomic mass is 10.1. The highest BCUT2D eigenvalue weighted by Crippen LogP contribution is 2.27. The average molecular weight is 299 g/mol. The molecule has 3 heteroatoms. The SMILES string of the molecule is CCCCS[C@H](CSc1ccccc1)[C@@H](O)CCC. The highest BCUT2D eigenvalue weighted by molar-refractivity contribution is 8.03. The summed E-state index contributed by atoms with van der Waals surface area (Å²) in [5, 5.41) is 10.6. The second kappa shape index (κ2) is 10.6. The lowest BCUT2D eigenvalue weighted by Gasteiger charge is -2.22. The Morgan fingerprint density at radius 3 is 2.47 bits per heavy atom. The summed E-state index contributed by atoms with van der Waals surface area (Å²) >= 11 is 3.80. The molecule has 19 heavy (non-hydrogen) atoms. The molecule has 0 fully saturated rings. The molecule has 108 valence electrons.